The van der Waals surface area contributed by atoms with Crippen molar-refractivity contribution in [1.29, 1.82) is 0 Å². The third-order valence-electron chi connectivity index (χ3n) is 3.08. The van der Waals surface area contributed by atoms with Crippen molar-refractivity contribution < 1.29 is 14.6 Å². The number of hydrogen-bond acceptors (Lipinski definition) is 4. The lowest BCUT2D eigenvalue weighted by Gasteiger charge is -2.15. The van der Waals surface area contributed by atoms with E-state index in [-0.39, 0.29) is 0 Å². The minimum atomic E-state index is -0.477. The lowest BCUT2D eigenvalue weighted by Crippen LogP contribution is -2.11. The first-order valence-corrected chi connectivity index (χ1v) is 6.85. The zero-order valence-corrected chi connectivity index (χ0v) is 11.3. The van der Waals surface area contributed by atoms with Gasteiger partial charge in [0.2, 0.25) is 0 Å². The molecule has 0 radical (unpaired) electrons. The fraction of sp³-hybridized carbons (Fsp3) is 0.538. The Morgan fingerprint density at radius 3 is 2.47 bits per heavy atom. The molecule has 0 bridgehead atoms. The molecule has 3 nitrogen and oxygen atoms in total. The Morgan fingerprint density at radius 2 is 2.00 bits per heavy atom. The second-order valence-corrected chi connectivity index (χ2v) is 5.28. The molecule has 0 heterocycles. The zero-order valence-electron chi connectivity index (χ0n) is 10.4. The van der Waals surface area contributed by atoms with E-state index in [1.54, 1.807) is 26.0 Å². The average Bonchev–Trinajstić information content (AvgIpc) is 3.05. The molecular formula is C13H18O3S. The van der Waals surface area contributed by atoms with E-state index in [0.29, 0.717) is 6.42 Å². The van der Waals surface area contributed by atoms with Gasteiger partial charge in [0.25, 0.3) is 0 Å². The van der Waals surface area contributed by atoms with Crippen LogP contribution in [0, 0.1) is 0 Å². The van der Waals surface area contributed by atoms with Crippen molar-refractivity contribution in [2.24, 2.45) is 0 Å². The molecule has 0 unspecified atom stereocenters. The molecule has 2 rings (SSSR count). The normalized spacial score (nSPS) is 16.7. The van der Waals surface area contributed by atoms with Crippen molar-refractivity contribution in [2.75, 3.05) is 20.5 Å². The first kappa shape index (κ1) is 12.6. The van der Waals surface area contributed by atoms with Crippen molar-refractivity contribution in [3.63, 3.8) is 0 Å². The minimum absolute atomic E-state index is 0.477. The third kappa shape index (κ3) is 2.69. The van der Waals surface area contributed by atoms with Crippen LogP contribution in [0.4, 0.5) is 0 Å². The number of thioether (sulfide) groups is 1. The molecule has 1 N–H and O–H groups in total. The van der Waals surface area contributed by atoms with Gasteiger partial charge in [0.05, 0.1) is 24.7 Å². The maximum absolute atomic E-state index is 9.96. The van der Waals surface area contributed by atoms with Crippen LogP contribution < -0.4 is 9.47 Å². The van der Waals surface area contributed by atoms with Gasteiger partial charge >= 0.3 is 0 Å². The Kier molecular flexibility index (Phi) is 3.54. The van der Waals surface area contributed by atoms with Gasteiger partial charge in [0.15, 0.2) is 11.5 Å². The highest BCUT2D eigenvalue weighted by Gasteiger charge is 2.40. The fourth-order valence-corrected chi connectivity index (χ4v) is 2.58. The van der Waals surface area contributed by atoms with E-state index in [1.807, 2.05) is 12.3 Å². The van der Waals surface area contributed by atoms with E-state index < -0.39 is 5.60 Å². The number of hydrogen-bond donors (Lipinski definition) is 1. The van der Waals surface area contributed by atoms with Crippen molar-refractivity contribution in [1.82, 2.24) is 0 Å². The molecule has 1 aliphatic rings. The molecule has 0 aliphatic heterocycles. The number of benzene rings is 1. The lowest BCUT2D eigenvalue weighted by molar-refractivity contribution is 0.151. The topological polar surface area (TPSA) is 38.7 Å². The highest BCUT2D eigenvalue weighted by molar-refractivity contribution is 7.98. The molecule has 0 saturated heterocycles. The van der Waals surface area contributed by atoms with Gasteiger partial charge in [-0.1, -0.05) is 0 Å². The molecule has 1 aromatic rings. The molecule has 1 fully saturated rings. The van der Waals surface area contributed by atoms with Crippen molar-refractivity contribution >= 4 is 11.8 Å². The molecule has 0 atom stereocenters. The Hall–Kier alpha value is -0.870. The summed E-state index contributed by atoms with van der Waals surface area (Å²) in [5.41, 5.74) is 0.627. The Morgan fingerprint density at radius 1 is 1.29 bits per heavy atom. The molecule has 94 valence electrons. The van der Waals surface area contributed by atoms with Gasteiger partial charge < -0.3 is 14.6 Å². The summed E-state index contributed by atoms with van der Waals surface area (Å²) < 4.78 is 10.7. The molecule has 0 spiro atoms. The number of ether oxygens (including phenoxy) is 2. The zero-order chi connectivity index (χ0) is 12.5. The van der Waals surface area contributed by atoms with Crippen LogP contribution in [-0.2, 0) is 6.42 Å². The lowest BCUT2D eigenvalue weighted by atomic mass is 10.1. The summed E-state index contributed by atoms with van der Waals surface area (Å²) in [5, 5.41) is 9.96. The van der Waals surface area contributed by atoms with E-state index in [4.69, 9.17) is 9.47 Å². The second kappa shape index (κ2) is 4.78. The van der Waals surface area contributed by atoms with Crippen LogP contribution in [0.1, 0.15) is 18.4 Å². The molecule has 1 aromatic carbocycles. The number of methoxy groups -OCH3 is 2. The second-order valence-electron chi connectivity index (χ2n) is 4.43. The molecular weight excluding hydrogens is 236 g/mol. The largest absolute Gasteiger partial charge is 0.493 e. The van der Waals surface area contributed by atoms with Gasteiger partial charge in [-0.25, -0.2) is 0 Å². The van der Waals surface area contributed by atoms with Crippen LogP contribution in [0.3, 0.4) is 0 Å². The van der Waals surface area contributed by atoms with Crippen molar-refractivity contribution in [3.8, 4) is 11.5 Å². The van der Waals surface area contributed by atoms with E-state index in [9.17, 15) is 5.11 Å². The van der Waals surface area contributed by atoms with Crippen LogP contribution in [0.15, 0.2) is 17.0 Å². The quantitative estimate of drug-likeness (QED) is 0.819. The van der Waals surface area contributed by atoms with Gasteiger partial charge in [-0.2, -0.15) is 0 Å². The van der Waals surface area contributed by atoms with Crippen LogP contribution in [0.5, 0.6) is 11.5 Å². The van der Waals surface area contributed by atoms with Gasteiger partial charge in [-0.3, -0.25) is 0 Å². The maximum atomic E-state index is 9.96. The number of rotatable bonds is 5. The van der Waals surface area contributed by atoms with Gasteiger partial charge in [0.1, 0.15) is 0 Å². The Balaban J connectivity index is 2.33. The fourth-order valence-electron chi connectivity index (χ4n) is 1.94. The highest BCUT2D eigenvalue weighted by atomic mass is 32.2. The van der Waals surface area contributed by atoms with E-state index in [1.165, 1.54) is 0 Å². The predicted molar refractivity (Wildman–Crippen MR) is 69.2 cm³/mol. The number of aliphatic hydroxyl groups is 1. The van der Waals surface area contributed by atoms with Crippen molar-refractivity contribution in [3.05, 3.63) is 17.7 Å². The van der Waals surface area contributed by atoms with Gasteiger partial charge in [-0.05, 0) is 36.8 Å². The SMILES string of the molecule is COc1cc(CC2(O)CC2)cc(SC)c1OC. The highest BCUT2D eigenvalue weighted by Crippen LogP contribution is 2.42. The van der Waals surface area contributed by atoms with Crippen LogP contribution in [-0.4, -0.2) is 31.2 Å². The van der Waals surface area contributed by atoms with E-state index >= 15 is 0 Å². The standard InChI is InChI=1S/C13H18O3S/c1-15-10-6-9(8-13(14)4-5-13)7-11(17-3)12(10)16-2/h6-7,14H,4-5,8H2,1-3H3. The van der Waals surface area contributed by atoms with E-state index in [2.05, 4.69) is 6.07 Å². The third-order valence-corrected chi connectivity index (χ3v) is 3.83. The minimum Gasteiger partial charge on any atom is -0.493 e. The molecule has 4 heteroatoms. The molecule has 1 aliphatic carbocycles. The summed E-state index contributed by atoms with van der Waals surface area (Å²) in [6, 6.07) is 4.02. The first-order valence-electron chi connectivity index (χ1n) is 5.63. The van der Waals surface area contributed by atoms with Crippen LogP contribution in [0.2, 0.25) is 0 Å². The summed E-state index contributed by atoms with van der Waals surface area (Å²) in [6.45, 7) is 0. The summed E-state index contributed by atoms with van der Waals surface area (Å²) in [7, 11) is 3.28. The smallest absolute Gasteiger partial charge is 0.174 e. The monoisotopic (exact) mass is 254 g/mol. The first-order chi connectivity index (χ1) is 8.11. The molecule has 0 amide bonds. The van der Waals surface area contributed by atoms with Gasteiger partial charge in [0, 0.05) is 6.42 Å². The van der Waals surface area contributed by atoms with Crippen LogP contribution in [0.25, 0.3) is 0 Å². The maximum Gasteiger partial charge on any atom is 0.174 e. The Labute approximate surface area is 106 Å². The van der Waals surface area contributed by atoms with Gasteiger partial charge in [-0.15, -0.1) is 11.8 Å². The predicted octanol–water partition coefficient (Wildman–Crippen LogP) is 2.49. The summed E-state index contributed by atoms with van der Waals surface area (Å²) in [6.07, 6.45) is 4.50. The van der Waals surface area contributed by atoms with E-state index in [0.717, 1.165) is 34.8 Å². The Bertz CT molecular complexity index is 388. The van der Waals surface area contributed by atoms with Crippen LogP contribution >= 0.6 is 11.8 Å². The summed E-state index contributed by atoms with van der Waals surface area (Å²) in [5.74, 6) is 1.50. The molecule has 1 saturated carbocycles. The summed E-state index contributed by atoms with van der Waals surface area (Å²) >= 11 is 1.62. The molecule has 0 aromatic heterocycles. The average molecular weight is 254 g/mol. The molecule has 17 heavy (non-hydrogen) atoms. The summed E-state index contributed by atoms with van der Waals surface area (Å²) in [4.78, 5) is 1.05. The van der Waals surface area contributed by atoms with Crippen molar-refractivity contribution in [2.45, 2.75) is 29.8 Å².